The van der Waals surface area contributed by atoms with E-state index >= 15 is 0 Å². The van der Waals surface area contributed by atoms with Gasteiger partial charge in [-0.2, -0.15) is 52.7 Å². The van der Waals surface area contributed by atoms with Crippen molar-refractivity contribution >= 4 is 11.9 Å². The van der Waals surface area contributed by atoms with Crippen molar-refractivity contribution in [1.82, 2.24) is 0 Å². The summed E-state index contributed by atoms with van der Waals surface area (Å²) in [5, 5.41) is 21.9. The number of hydrogen-bond acceptors (Lipinski definition) is 6. The van der Waals surface area contributed by atoms with Gasteiger partial charge in [-0.15, -0.1) is 0 Å². The van der Waals surface area contributed by atoms with Crippen LogP contribution >= 0.6 is 0 Å². The minimum atomic E-state index is -6.80. The summed E-state index contributed by atoms with van der Waals surface area (Å²) in [5.41, 5.74) is 0. The summed E-state index contributed by atoms with van der Waals surface area (Å²) in [7, 11) is 0. The van der Waals surface area contributed by atoms with Crippen molar-refractivity contribution in [2.45, 2.75) is 73.4 Å². The van der Waals surface area contributed by atoms with Crippen LogP contribution in [0.1, 0.15) is 12.8 Å². The maximum absolute atomic E-state index is 13.4. The number of rotatable bonds is 17. The summed E-state index contributed by atoms with van der Waals surface area (Å²) in [4.78, 5) is 21.9. The monoisotopic (exact) mass is 650 g/mol. The third kappa shape index (κ3) is 9.37. The average Bonchev–Trinajstić information content (AvgIpc) is 2.73. The number of aliphatic carboxylic acids is 2. The van der Waals surface area contributed by atoms with Crippen LogP contribution in [0.15, 0.2) is 0 Å². The van der Waals surface area contributed by atoms with Crippen molar-refractivity contribution in [3.63, 3.8) is 0 Å². The first kappa shape index (κ1) is 44.2. The van der Waals surface area contributed by atoms with Crippen LogP contribution in [0.4, 0.5) is 70.2 Å². The molecule has 0 aromatic heterocycles. The van der Waals surface area contributed by atoms with Crippen molar-refractivity contribution in [2.24, 2.45) is 0 Å². The molecular formula is C16H12F16Na2O6. The van der Waals surface area contributed by atoms with Crippen molar-refractivity contribution < 1.29 is 159 Å². The standard InChI is InChI=1S/C16H14F16O6.2Na/c17-9(18)13(25,26)15(29,30)11(21,22)1-3-37-5(7(33)34)6(8(35)36)38-4-2-12(23,24)16(31,32)14(27,28)10(19)20;;/h5-6,9-10H,1-4H2,(H,33,34)(H,35,36);;/q;2*+1/p-2. The van der Waals surface area contributed by atoms with Gasteiger partial charge in [0, 0.05) is 12.8 Å². The molecule has 0 fully saturated rings. The molecule has 0 saturated heterocycles. The van der Waals surface area contributed by atoms with E-state index in [9.17, 15) is 90.0 Å². The second-order valence-electron chi connectivity index (χ2n) is 7.13. The molecular weight excluding hydrogens is 638 g/mol. The van der Waals surface area contributed by atoms with E-state index in [-0.39, 0.29) is 59.1 Å². The van der Waals surface area contributed by atoms with Crippen LogP contribution < -0.4 is 69.3 Å². The number of ether oxygens (including phenoxy) is 2. The molecule has 0 aliphatic carbocycles. The molecule has 0 spiro atoms. The Morgan fingerprint density at radius 3 is 0.950 bits per heavy atom. The van der Waals surface area contributed by atoms with E-state index in [1.807, 2.05) is 0 Å². The van der Waals surface area contributed by atoms with Crippen LogP contribution in [0.2, 0.25) is 0 Å². The Hall–Kier alpha value is -0.260. The average molecular weight is 650 g/mol. The third-order valence-corrected chi connectivity index (χ3v) is 4.47. The second kappa shape index (κ2) is 15.5. The van der Waals surface area contributed by atoms with Crippen LogP contribution in [-0.2, 0) is 19.1 Å². The predicted octanol–water partition coefficient (Wildman–Crippen LogP) is -3.61. The first-order valence-corrected chi connectivity index (χ1v) is 9.20. The Kier molecular flexibility index (Phi) is 17.1. The molecule has 0 saturated carbocycles. The molecule has 0 rings (SSSR count). The van der Waals surface area contributed by atoms with Gasteiger partial charge < -0.3 is 29.3 Å². The van der Waals surface area contributed by atoms with Crippen molar-refractivity contribution in [3.8, 4) is 0 Å². The fourth-order valence-corrected chi connectivity index (χ4v) is 2.26. The van der Waals surface area contributed by atoms with E-state index in [4.69, 9.17) is 0 Å². The normalized spacial score (nSPS) is 15.3. The number of hydrogen-bond donors (Lipinski definition) is 0. The molecule has 0 bridgehead atoms. The van der Waals surface area contributed by atoms with E-state index < -0.39 is 98.6 Å². The van der Waals surface area contributed by atoms with Crippen LogP contribution in [-0.4, -0.2) is 85.7 Å². The second-order valence-corrected chi connectivity index (χ2v) is 7.13. The van der Waals surface area contributed by atoms with Crippen molar-refractivity contribution in [1.29, 1.82) is 0 Å². The van der Waals surface area contributed by atoms with Gasteiger partial charge in [-0.1, -0.05) is 0 Å². The van der Waals surface area contributed by atoms with Gasteiger partial charge >= 0.3 is 108 Å². The Bertz CT molecular complexity index is 763. The van der Waals surface area contributed by atoms with Gasteiger partial charge in [0.05, 0.1) is 25.2 Å². The summed E-state index contributed by atoms with van der Waals surface area (Å²) in [6, 6.07) is 0. The molecule has 24 heteroatoms. The summed E-state index contributed by atoms with van der Waals surface area (Å²) < 4.78 is 213. The van der Waals surface area contributed by atoms with E-state index in [1.165, 1.54) is 0 Å². The van der Waals surface area contributed by atoms with E-state index in [1.54, 1.807) is 0 Å². The summed E-state index contributed by atoms with van der Waals surface area (Å²) in [6.45, 7) is -4.38. The molecule has 0 amide bonds. The molecule has 0 radical (unpaired) electrons. The number of carboxylic acids is 2. The summed E-state index contributed by atoms with van der Waals surface area (Å²) >= 11 is 0. The Morgan fingerprint density at radius 1 is 0.550 bits per heavy atom. The van der Waals surface area contributed by atoms with Gasteiger partial charge in [0.1, 0.15) is 12.2 Å². The Labute approximate surface area is 256 Å². The van der Waals surface area contributed by atoms with Gasteiger partial charge in [-0.05, 0) is 0 Å². The zero-order valence-electron chi connectivity index (χ0n) is 19.6. The molecule has 226 valence electrons. The summed E-state index contributed by atoms with van der Waals surface area (Å²) in [5.74, 6) is -44.8. The first-order valence-electron chi connectivity index (χ1n) is 9.20. The molecule has 0 heterocycles. The quantitative estimate of drug-likeness (QED) is 0.119. The minimum Gasteiger partial charge on any atom is -0.547 e. The van der Waals surface area contributed by atoms with Gasteiger partial charge in [0.15, 0.2) is 0 Å². The molecule has 0 aliphatic rings. The number of carbonyl (C=O) groups excluding carboxylic acids is 2. The fourth-order valence-electron chi connectivity index (χ4n) is 2.26. The molecule has 0 aliphatic heterocycles. The Morgan fingerprint density at radius 2 is 0.775 bits per heavy atom. The van der Waals surface area contributed by atoms with Crippen LogP contribution in [0, 0.1) is 0 Å². The first-order chi connectivity index (χ1) is 16.7. The van der Waals surface area contributed by atoms with Crippen molar-refractivity contribution in [3.05, 3.63) is 0 Å². The van der Waals surface area contributed by atoms with E-state index in [2.05, 4.69) is 9.47 Å². The maximum Gasteiger partial charge on any atom is 1.00 e. The van der Waals surface area contributed by atoms with Gasteiger partial charge in [-0.3, -0.25) is 0 Å². The van der Waals surface area contributed by atoms with E-state index in [0.717, 1.165) is 0 Å². The number of halogens is 16. The molecule has 2 atom stereocenters. The SMILES string of the molecule is O=C([O-])C(OCCC(F)(F)C(F)(F)C(F)(F)C(F)F)C(OCCC(F)(F)C(F)(F)C(F)(F)C(F)F)C(=O)[O-].[Na+].[Na+]. The van der Waals surface area contributed by atoms with Crippen molar-refractivity contribution in [2.75, 3.05) is 13.2 Å². The van der Waals surface area contributed by atoms with Crippen LogP contribution in [0.3, 0.4) is 0 Å². The fraction of sp³-hybridized carbons (Fsp3) is 0.875. The molecule has 0 N–H and O–H groups in total. The predicted molar refractivity (Wildman–Crippen MR) is 80.4 cm³/mol. The summed E-state index contributed by atoms with van der Waals surface area (Å²) in [6.07, 6.45) is -22.8. The molecule has 0 aromatic carbocycles. The van der Waals surface area contributed by atoms with Crippen LogP contribution in [0.5, 0.6) is 0 Å². The van der Waals surface area contributed by atoms with Gasteiger partial charge in [0.25, 0.3) is 0 Å². The van der Waals surface area contributed by atoms with E-state index in [0.29, 0.717) is 0 Å². The zero-order chi connectivity index (χ0) is 30.7. The topological polar surface area (TPSA) is 98.7 Å². The molecule has 0 aromatic rings. The van der Waals surface area contributed by atoms with Gasteiger partial charge in [-0.25, -0.2) is 17.6 Å². The smallest absolute Gasteiger partial charge is 0.547 e. The Balaban J connectivity index is -0.00000684. The van der Waals surface area contributed by atoms with Crippen LogP contribution in [0.25, 0.3) is 0 Å². The molecule has 40 heavy (non-hydrogen) atoms. The minimum absolute atomic E-state index is 0. The molecule has 2 unspecified atom stereocenters. The third-order valence-electron chi connectivity index (χ3n) is 4.47. The number of carbonyl (C=O) groups is 2. The zero-order valence-corrected chi connectivity index (χ0v) is 23.6. The largest absolute Gasteiger partial charge is 1.00 e. The maximum atomic E-state index is 13.4. The number of carboxylic acid groups (broad SMARTS) is 2. The van der Waals surface area contributed by atoms with Gasteiger partial charge in [0.2, 0.25) is 0 Å². The number of alkyl halides is 16. The molecule has 6 nitrogen and oxygen atoms in total.